The first-order valence-electron chi connectivity index (χ1n) is 10.7. The molecule has 2 aromatic heterocycles. The third-order valence-corrected chi connectivity index (χ3v) is 6.24. The summed E-state index contributed by atoms with van der Waals surface area (Å²) in [6.07, 6.45) is 3.85. The van der Waals surface area contributed by atoms with E-state index in [1.807, 2.05) is 18.5 Å². The fourth-order valence-electron chi connectivity index (χ4n) is 3.47. The molecule has 0 amide bonds. The van der Waals surface area contributed by atoms with Gasteiger partial charge in [0.15, 0.2) is 5.96 Å². The first-order chi connectivity index (χ1) is 14.5. The maximum Gasteiger partial charge on any atom is 0.345 e. The molecule has 0 bridgehead atoms. The minimum atomic E-state index is 0. The molecule has 1 aliphatic heterocycles. The van der Waals surface area contributed by atoms with Crippen molar-refractivity contribution in [3.05, 3.63) is 32.4 Å². The van der Waals surface area contributed by atoms with E-state index in [9.17, 15) is 4.79 Å². The van der Waals surface area contributed by atoms with Crippen LogP contribution in [0.15, 0.2) is 15.2 Å². The van der Waals surface area contributed by atoms with E-state index >= 15 is 0 Å². The van der Waals surface area contributed by atoms with Gasteiger partial charge in [0.1, 0.15) is 16.9 Å². The Kier molecular flexibility index (Phi) is 10.4. The summed E-state index contributed by atoms with van der Waals surface area (Å²) >= 11 is 1.62. The van der Waals surface area contributed by atoms with E-state index in [4.69, 9.17) is 9.73 Å². The Labute approximate surface area is 204 Å². The predicted octanol–water partition coefficient (Wildman–Crippen LogP) is 2.65. The van der Waals surface area contributed by atoms with Gasteiger partial charge in [0, 0.05) is 52.1 Å². The van der Waals surface area contributed by atoms with Gasteiger partial charge in [-0.2, -0.15) is 5.10 Å². The minimum absolute atomic E-state index is 0. The zero-order valence-electron chi connectivity index (χ0n) is 18.8. The first kappa shape index (κ1) is 25.8. The van der Waals surface area contributed by atoms with Crippen LogP contribution in [-0.2, 0) is 30.8 Å². The fraction of sp³-hybridized carbons (Fsp3) is 0.700. The molecule has 3 heterocycles. The molecule has 1 N–H and O–H groups in total. The van der Waals surface area contributed by atoms with Gasteiger partial charge in [0.2, 0.25) is 0 Å². The SMILES string of the molecule is CCNC(=NCCCn1nc2n(c1=O)CCCC2)N(C)Cc1csc(C(C)OC)n1.I. The number of guanidine groups is 1. The molecule has 1 aliphatic rings. The zero-order chi connectivity index (χ0) is 21.5. The topological polar surface area (TPSA) is 89.6 Å². The molecule has 1 unspecified atom stereocenters. The Morgan fingerprint density at radius 1 is 1.45 bits per heavy atom. The Balaban J connectivity index is 0.00000341. The number of ether oxygens (including phenoxy) is 1. The Morgan fingerprint density at radius 3 is 2.97 bits per heavy atom. The molecule has 2 aromatic rings. The molecule has 1 atom stereocenters. The van der Waals surface area contributed by atoms with Crippen molar-refractivity contribution >= 4 is 41.3 Å². The van der Waals surface area contributed by atoms with Crippen LogP contribution in [-0.4, -0.2) is 57.4 Å². The molecular weight excluding hydrogens is 529 g/mol. The third-order valence-electron chi connectivity index (χ3n) is 5.19. The fourth-order valence-corrected chi connectivity index (χ4v) is 4.31. The van der Waals surface area contributed by atoms with Crippen LogP contribution in [0.3, 0.4) is 0 Å². The van der Waals surface area contributed by atoms with Gasteiger partial charge in [-0.25, -0.2) is 14.5 Å². The van der Waals surface area contributed by atoms with Crippen molar-refractivity contribution in [2.45, 2.75) is 65.3 Å². The minimum Gasteiger partial charge on any atom is -0.375 e. The summed E-state index contributed by atoms with van der Waals surface area (Å²) < 4.78 is 8.76. The summed E-state index contributed by atoms with van der Waals surface area (Å²) in [5, 5.41) is 10.9. The summed E-state index contributed by atoms with van der Waals surface area (Å²) in [6.45, 7) is 7.54. The van der Waals surface area contributed by atoms with Gasteiger partial charge in [-0.1, -0.05) is 0 Å². The van der Waals surface area contributed by atoms with Crippen molar-refractivity contribution in [1.82, 2.24) is 29.5 Å². The van der Waals surface area contributed by atoms with Gasteiger partial charge in [-0.15, -0.1) is 35.3 Å². The van der Waals surface area contributed by atoms with E-state index in [2.05, 4.69) is 32.6 Å². The van der Waals surface area contributed by atoms with Crippen LogP contribution in [0.1, 0.15) is 55.7 Å². The number of methoxy groups -OCH3 is 1. The number of fused-ring (bicyclic) bond motifs is 1. The molecule has 31 heavy (non-hydrogen) atoms. The Morgan fingerprint density at radius 2 is 2.26 bits per heavy atom. The standard InChI is InChI=1S/C20H33N7O2S.HI/c1-5-21-19(25(3)13-16-14-30-18(23-16)15(2)29-4)22-10-8-12-27-20(28)26-11-7-6-9-17(26)24-27;/h14-15H,5-13H2,1-4H3,(H,21,22);1H. The molecule has 0 aromatic carbocycles. The number of aromatic nitrogens is 4. The van der Waals surface area contributed by atoms with Crippen LogP contribution < -0.4 is 11.0 Å². The molecule has 9 nitrogen and oxygen atoms in total. The quantitative estimate of drug-likeness (QED) is 0.219. The number of aryl methyl sites for hydroxylation is 2. The second-order valence-electron chi connectivity index (χ2n) is 7.53. The number of hydrogen-bond donors (Lipinski definition) is 1. The number of nitrogens with one attached hydrogen (secondary N) is 1. The van der Waals surface area contributed by atoms with Gasteiger partial charge in [0.25, 0.3) is 0 Å². The second-order valence-corrected chi connectivity index (χ2v) is 8.42. The smallest absolute Gasteiger partial charge is 0.345 e. The van der Waals surface area contributed by atoms with Crippen LogP contribution in [0, 0.1) is 0 Å². The van der Waals surface area contributed by atoms with Crippen molar-refractivity contribution in [2.24, 2.45) is 4.99 Å². The number of nitrogens with zero attached hydrogens (tertiary/aromatic N) is 6. The van der Waals surface area contributed by atoms with E-state index in [0.717, 1.165) is 61.3 Å². The van der Waals surface area contributed by atoms with Crippen molar-refractivity contribution < 1.29 is 4.74 Å². The maximum absolute atomic E-state index is 12.4. The lowest BCUT2D eigenvalue weighted by molar-refractivity contribution is 0.119. The summed E-state index contributed by atoms with van der Waals surface area (Å²) in [4.78, 5) is 23.9. The first-order valence-corrected chi connectivity index (χ1v) is 11.5. The highest BCUT2D eigenvalue weighted by molar-refractivity contribution is 14.0. The molecule has 174 valence electrons. The molecule has 11 heteroatoms. The van der Waals surface area contributed by atoms with Crippen molar-refractivity contribution in [1.29, 1.82) is 0 Å². The van der Waals surface area contributed by atoms with Gasteiger partial charge < -0.3 is 15.0 Å². The van der Waals surface area contributed by atoms with Gasteiger partial charge >= 0.3 is 5.69 Å². The highest BCUT2D eigenvalue weighted by Gasteiger charge is 2.16. The van der Waals surface area contributed by atoms with Crippen LogP contribution in [0.5, 0.6) is 0 Å². The molecule has 0 saturated heterocycles. The van der Waals surface area contributed by atoms with Crippen LogP contribution in [0.4, 0.5) is 0 Å². The van der Waals surface area contributed by atoms with E-state index in [1.165, 1.54) is 0 Å². The monoisotopic (exact) mass is 563 g/mol. The van der Waals surface area contributed by atoms with Gasteiger partial charge in [-0.3, -0.25) is 9.56 Å². The summed E-state index contributed by atoms with van der Waals surface area (Å²) in [6, 6.07) is 0. The van der Waals surface area contributed by atoms with E-state index in [1.54, 1.807) is 23.1 Å². The Hall–Kier alpha value is -1.47. The number of halogens is 1. The normalized spacial score (nSPS) is 14.6. The van der Waals surface area contributed by atoms with Gasteiger partial charge in [0.05, 0.1) is 12.2 Å². The lowest BCUT2D eigenvalue weighted by atomic mass is 10.2. The number of hydrogen-bond acceptors (Lipinski definition) is 6. The van der Waals surface area contributed by atoms with E-state index < -0.39 is 0 Å². The average molecular weight is 564 g/mol. The zero-order valence-corrected chi connectivity index (χ0v) is 22.0. The van der Waals surface area contributed by atoms with Crippen LogP contribution in [0.2, 0.25) is 0 Å². The number of aliphatic imine (C=N–C) groups is 1. The maximum atomic E-state index is 12.4. The van der Waals surface area contributed by atoms with Crippen molar-refractivity contribution in [3.8, 4) is 0 Å². The molecular formula is C20H34IN7O2S. The van der Waals surface area contributed by atoms with Crippen molar-refractivity contribution in [2.75, 3.05) is 27.2 Å². The largest absolute Gasteiger partial charge is 0.375 e. The van der Waals surface area contributed by atoms with Crippen molar-refractivity contribution in [3.63, 3.8) is 0 Å². The van der Waals surface area contributed by atoms with E-state index in [0.29, 0.717) is 19.6 Å². The number of thiazole rings is 1. The van der Waals surface area contributed by atoms with Gasteiger partial charge in [-0.05, 0) is 33.1 Å². The molecule has 0 fully saturated rings. The summed E-state index contributed by atoms with van der Waals surface area (Å²) in [5.74, 6) is 1.76. The highest BCUT2D eigenvalue weighted by Crippen LogP contribution is 2.20. The highest BCUT2D eigenvalue weighted by atomic mass is 127. The lowest BCUT2D eigenvalue weighted by Crippen LogP contribution is -2.38. The number of rotatable bonds is 9. The summed E-state index contributed by atoms with van der Waals surface area (Å²) in [7, 11) is 3.70. The third kappa shape index (κ3) is 6.75. The molecule has 3 rings (SSSR count). The Bertz CT molecular complexity index is 908. The van der Waals surface area contributed by atoms with Crippen LogP contribution >= 0.6 is 35.3 Å². The second kappa shape index (κ2) is 12.5. The molecule has 0 spiro atoms. The predicted molar refractivity (Wildman–Crippen MR) is 134 cm³/mol. The van der Waals surface area contributed by atoms with E-state index in [-0.39, 0.29) is 35.8 Å². The lowest BCUT2D eigenvalue weighted by Gasteiger charge is -2.21. The molecule has 0 aliphatic carbocycles. The molecule has 0 radical (unpaired) electrons. The molecule has 0 saturated carbocycles. The van der Waals surface area contributed by atoms with Crippen LogP contribution in [0.25, 0.3) is 0 Å². The average Bonchev–Trinajstić information content (AvgIpc) is 3.34. The summed E-state index contributed by atoms with van der Waals surface area (Å²) in [5.41, 5.74) is 1.02.